The van der Waals surface area contributed by atoms with Crippen LogP contribution in [0.15, 0.2) is 6.20 Å². The fourth-order valence-corrected chi connectivity index (χ4v) is 1.76. The quantitative estimate of drug-likeness (QED) is 0.790. The zero-order valence-corrected chi connectivity index (χ0v) is 9.89. The molecule has 2 heterocycles. The van der Waals surface area contributed by atoms with Crippen molar-refractivity contribution in [2.45, 2.75) is 32.4 Å². The molecule has 1 aliphatic rings. The highest BCUT2D eigenvalue weighted by atomic mass is 16.6. The molecule has 0 saturated carbocycles. The molecule has 1 saturated heterocycles. The fourth-order valence-electron chi connectivity index (χ4n) is 1.76. The lowest BCUT2D eigenvalue weighted by molar-refractivity contribution is -0.0163. The molecule has 1 aromatic heterocycles. The standard InChI is InChI=1S/C11H17N3O3/c1-2-14-7-9(12)10(13-14)11(15)17-8-3-5-16-6-4-8/h7-8H,2-6,12H2,1H3. The molecule has 94 valence electrons. The van der Waals surface area contributed by atoms with E-state index in [1.807, 2.05) is 6.92 Å². The third-order valence-electron chi connectivity index (χ3n) is 2.75. The normalized spacial score (nSPS) is 17.0. The molecule has 1 fully saturated rings. The average molecular weight is 239 g/mol. The second kappa shape index (κ2) is 5.18. The Kier molecular flexibility index (Phi) is 3.63. The van der Waals surface area contributed by atoms with Crippen LogP contribution in [-0.2, 0) is 16.0 Å². The van der Waals surface area contributed by atoms with E-state index in [9.17, 15) is 4.79 Å². The second-order valence-corrected chi connectivity index (χ2v) is 4.01. The monoisotopic (exact) mass is 239 g/mol. The number of rotatable bonds is 3. The van der Waals surface area contributed by atoms with Gasteiger partial charge in [-0.15, -0.1) is 0 Å². The molecule has 0 radical (unpaired) electrons. The highest BCUT2D eigenvalue weighted by Gasteiger charge is 2.22. The number of carbonyl (C=O) groups excluding carboxylic acids is 1. The number of nitrogens with zero attached hydrogens (tertiary/aromatic N) is 2. The molecule has 2 rings (SSSR count). The molecular weight excluding hydrogens is 222 g/mol. The average Bonchev–Trinajstić information content (AvgIpc) is 2.72. The van der Waals surface area contributed by atoms with Gasteiger partial charge in [0.25, 0.3) is 0 Å². The van der Waals surface area contributed by atoms with Gasteiger partial charge < -0.3 is 15.2 Å². The van der Waals surface area contributed by atoms with Crippen molar-refractivity contribution in [3.8, 4) is 0 Å². The molecule has 6 nitrogen and oxygen atoms in total. The van der Waals surface area contributed by atoms with E-state index in [0.29, 0.717) is 25.4 Å². The van der Waals surface area contributed by atoms with Crippen LogP contribution in [0.25, 0.3) is 0 Å². The van der Waals surface area contributed by atoms with Crippen molar-refractivity contribution < 1.29 is 14.3 Å². The van der Waals surface area contributed by atoms with Crippen LogP contribution < -0.4 is 5.73 Å². The van der Waals surface area contributed by atoms with Crippen molar-refractivity contribution in [3.63, 3.8) is 0 Å². The number of hydrogen-bond donors (Lipinski definition) is 1. The summed E-state index contributed by atoms with van der Waals surface area (Å²) in [5.41, 5.74) is 6.29. The molecule has 0 atom stereocenters. The minimum Gasteiger partial charge on any atom is -0.457 e. The lowest BCUT2D eigenvalue weighted by Gasteiger charge is -2.21. The molecule has 1 aliphatic heterocycles. The van der Waals surface area contributed by atoms with Gasteiger partial charge in [-0.1, -0.05) is 0 Å². The molecule has 17 heavy (non-hydrogen) atoms. The van der Waals surface area contributed by atoms with Crippen LogP contribution in [0.3, 0.4) is 0 Å². The Morgan fingerprint density at radius 2 is 2.35 bits per heavy atom. The smallest absolute Gasteiger partial charge is 0.361 e. The van der Waals surface area contributed by atoms with Crippen molar-refractivity contribution in [1.29, 1.82) is 0 Å². The van der Waals surface area contributed by atoms with Gasteiger partial charge in [0, 0.05) is 25.6 Å². The Labute approximate surface area is 99.7 Å². The van der Waals surface area contributed by atoms with Gasteiger partial charge in [-0.3, -0.25) is 4.68 Å². The number of aromatic nitrogens is 2. The summed E-state index contributed by atoms with van der Waals surface area (Å²) in [5.74, 6) is -0.443. The summed E-state index contributed by atoms with van der Waals surface area (Å²) in [4.78, 5) is 11.8. The molecule has 0 spiro atoms. The van der Waals surface area contributed by atoms with E-state index in [2.05, 4.69) is 5.10 Å². The summed E-state index contributed by atoms with van der Waals surface area (Å²) in [6.45, 7) is 3.88. The summed E-state index contributed by atoms with van der Waals surface area (Å²) in [5, 5.41) is 4.08. The summed E-state index contributed by atoms with van der Waals surface area (Å²) in [6, 6.07) is 0. The predicted molar refractivity (Wildman–Crippen MR) is 61.6 cm³/mol. The number of carbonyl (C=O) groups is 1. The SMILES string of the molecule is CCn1cc(N)c(C(=O)OC2CCOCC2)n1. The van der Waals surface area contributed by atoms with Gasteiger partial charge in [0.15, 0.2) is 5.69 Å². The van der Waals surface area contributed by atoms with Gasteiger partial charge >= 0.3 is 5.97 Å². The van der Waals surface area contributed by atoms with E-state index in [1.165, 1.54) is 0 Å². The van der Waals surface area contributed by atoms with Crippen molar-refractivity contribution in [2.24, 2.45) is 0 Å². The van der Waals surface area contributed by atoms with E-state index in [4.69, 9.17) is 15.2 Å². The van der Waals surface area contributed by atoms with Gasteiger partial charge in [0.05, 0.1) is 18.9 Å². The lowest BCUT2D eigenvalue weighted by Crippen LogP contribution is -2.26. The van der Waals surface area contributed by atoms with Crippen molar-refractivity contribution in [2.75, 3.05) is 18.9 Å². The first-order valence-corrected chi connectivity index (χ1v) is 5.82. The molecule has 0 bridgehead atoms. The predicted octanol–water partition coefficient (Wildman–Crippen LogP) is 0.821. The van der Waals surface area contributed by atoms with Crippen molar-refractivity contribution in [3.05, 3.63) is 11.9 Å². The van der Waals surface area contributed by atoms with E-state index < -0.39 is 5.97 Å². The number of nitrogens with two attached hydrogens (primary N) is 1. The van der Waals surface area contributed by atoms with Crippen LogP contribution in [0.5, 0.6) is 0 Å². The largest absolute Gasteiger partial charge is 0.457 e. The Hall–Kier alpha value is -1.56. The molecule has 0 aliphatic carbocycles. The van der Waals surface area contributed by atoms with Crippen molar-refractivity contribution in [1.82, 2.24) is 9.78 Å². The molecule has 0 aromatic carbocycles. The van der Waals surface area contributed by atoms with Crippen LogP contribution in [0, 0.1) is 0 Å². The Bertz CT molecular complexity index is 397. The molecule has 2 N–H and O–H groups in total. The Balaban J connectivity index is 2.00. The van der Waals surface area contributed by atoms with E-state index in [0.717, 1.165) is 12.8 Å². The first-order valence-electron chi connectivity index (χ1n) is 5.82. The van der Waals surface area contributed by atoms with Crippen LogP contribution in [0.4, 0.5) is 5.69 Å². The topological polar surface area (TPSA) is 79.4 Å². The summed E-state index contributed by atoms with van der Waals surface area (Å²) in [7, 11) is 0. The first-order chi connectivity index (χ1) is 8.20. The molecule has 1 aromatic rings. The van der Waals surface area contributed by atoms with Crippen molar-refractivity contribution >= 4 is 11.7 Å². The third-order valence-corrected chi connectivity index (χ3v) is 2.75. The maximum absolute atomic E-state index is 11.8. The lowest BCUT2D eigenvalue weighted by atomic mass is 10.1. The Morgan fingerprint density at radius 1 is 1.65 bits per heavy atom. The molecule has 6 heteroatoms. The number of aryl methyl sites for hydroxylation is 1. The summed E-state index contributed by atoms with van der Waals surface area (Å²) < 4.78 is 12.2. The first kappa shape index (κ1) is 11.9. The highest BCUT2D eigenvalue weighted by molar-refractivity contribution is 5.92. The van der Waals surface area contributed by atoms with Crippen LogP contribution in [-0.4, -0.2) is 35.1 Å². The van der Waals surface area contributed by atoms with Gasteiger partial charge in [0.2, 0.25) is 0 Å². The third kappa shape index (κ3) is 2.76. The minimum atomic E-state index is -0.443. The maximum Gasteiger partial charge on any atom is 0.361 e. The van der Waals surface area contributed by atoms with Gasteiger partial charge in [-0.05, 0) is 6.92 Å². The molecular formula is C11H17N3O3. The molecule has 0 unspecified atom stereocenters. The molecule has 0 amide bonds. The zero-order valence-electron chi connectivity index (χ0n) is 9.89. The van der Waals surface area contributed by atoms with Crippen LogP contribution in [0.1, 0.15) is 30.3 Å². The number of anilines is 1. The van der Waals surface area contributed by atoms with Crippen LogP contribution >= 0.6 is 0 Å². The fraction of sp³-hybridized carbons (Fsp3) is 0.636. The zero-order chi connectivity index (χ0) is 12.3. The number of esters is 1. The van der Waals surface area contributed by atoms with E-state index in [1.54, 1.807) is 10.9 Å². The number of ether oxygens (including phenoxy) is 2. The summed E-state index contributed by atoms with van der Waals surface area (Å²) >= 11 is 0. The van der Waals surface area contributed by atoms with E-state index in [-0.39, 0.29) is 11.8 Å². The van der Waals surface area contributed by atoms with E-state index >= 15 is 0 Å². The second-order valence-electron chi connectivity index (χ2n) is 4.01. The number of hydrogen-bond acceptors (Lipinski definition) is 5. The highest BCUT2D eigenvalue weighted by Crippen LogP contribution is 2.16. The van der Waals surface area contributed by atoms with Crippen LogP contribution in [0.2, 0.25) is 0 Å². The van der Waals surface area contributed by atoms with Gasteiger partial charge in [0.1, 0.15) is 6.10 Å². The minimum absolute atomic E-state index is 0.0811. The number of nitrogen functional groups attached to an aromatic ring is 1. The van der Waals surface area contributed by atoms with Gasteiger partial charge in [-0.2, -0.15) is 5.10 Å². The summed E-state index contributed by atoms with van der Waals surface area (Å²) in [6.07, 6.45) is 3.03. The van der Waals surface area contributed by atoms with Gasteiger partial charge in [-0.25, -0.2) is 4.79 Å². The Morgan fingerprint density at radius 3 is 2.94 bits per heavy atom. The maximum atomic E-state index is 11.8.